The molecular weight excluding hydrogens is 500 g/mol. The van der Waals surface area contributed by atoms with Gasteiger partial charge in [-0.05, 0) is 62.6 Å². The number of hydrogen-bond donors (Lipinski definition) is 1. The molecule has 3 aromatic rings. The van der Waals surface area contributed by atoms with Crippen molar-refractivity contribution in [3.63, 3.8) is 0 Å². The molecule has 1 atom stereocenters. The monoisotopic (exact) mass is 532 g/mol. The topological polar surface area (TPSA) is 84.9 Å². The number of alkyl carbamates (subject to hydrolysis) is 1. The van der Waals surface area contributed by atoms with Crippen LogP contribution in [-0.2, 0) is 20.8 Å². The molecular formula is C30H32N2O5S. The number of nitrogens with one attached hydrogen (secondary N) is 1. The highest BCUT2D eigenvalue weighted by molar-refractivity contribution is 7.99. The quantitative estimate of drug-likeness (QED) is 0.407. The fraction of sp³-hybridized carbons (Fsp3) is 0.300. The number of carbonyl (C=O) groups excluding carboxylic acids is 3. The standard InChI is InChI=1S/C30H32N2O5S/c1-19-6-10-21(11-7-19)22-12-8-20(9-13-22)17-32-25-16-23(28(34)36-5)14-15-26(25)38-18-24(27(32)33)31-29(35)37-30(2,3)4/h6-16,24H,17-18H2,1-5H3,(H,31,35)/t24-/m0/s1. The highest BCUT2D eigenvalue weighted by Crippen LogP contribution is 2.36. The Hall–Kier alpha value is -3.78. The van der Waals surface area contributed by atoms with E-state index in [4.69, 9.17) is 9.47 Å². The molecule has 1 aliphatic heterocycles. The van der Waals surface area contributed by atoms with Crippen molar-refractivity contribution >= 4 is 35.4 Å². The van der Waals surface area contributed by atoms with Crippen molar-refractivity contribution in [1.29, 1.82) is 0 Å². The number of amides is 2. The summed E-state index contributed by atoms with van der Waals surface area (Å²) in [5, 5.41) is 2.73. The first-order valence-corrected chi connectivity index (χ1v) is 13.3. The van der Waals surface area contributed by atoms with Gasteiger partial charge in [-0.3, -0.25) is 4.79 Å². The molecule has 0 radical (unpaired) electrons. The molecule has 1 N–H and O–H groups in total. The average Bonchev–Trinajstić information content (AvgIpc) is 3.00. The van der Waals surface area contributed by atoms with E-state index in [0.29, 0.717) is 17.0 Å². The summed E-state index contributed by atoms with van der Waals surface area (Å²) in [5.74, 6) is -0.446. The first-order valence-electron chi connectivity index (χ1n) is 12.4. The van der Waals surface area contributed by atoms with E-state index in [0.717, 1.165) is 21.6 Å². The minimum atomic E-state index is -0.810. The Morgan fingerprint density at radius 1 is 1.00 bits per heavy atom. The summed E-state index contributed by atoms with van der Waals surface area (Å²) in [7, 11) is 1.32. The van der Waals surface area contributed by atoms with Crippen molar-refractivity contribution in [3.05, 3.63) is 83.4 Å². The van der Waals surface area contributed by atoms with Gasteiger partial charge in [-0.1, -0.05) is 54.1 Å². The van der Waals surface area contributed by atoms with Crippen LogP contribution in [0.25, 0.3) is 11.1 Å². The Labute approximate surface area is 227 Å². The van der Waals surface area contributed by atoms with Crippen LogP contribution in [-0.4, -0.2) is 42.5 Å². The van der Waals surface area contributed by atoms with Crippen LogP contribution in [0.4, 0.5) is 10.5 Å². The zero-order valence-electron chi connectivity index (χ0n) is 22.2. The molecule has 38 heavy (non-hydrogen) atoms. The van der Waals surface area contributed by atoms with E-state index in [-0.39, 0.29) is 12.5 Å². The van der Waals surface area contributed by atoms with Crippen LogP contribution < -0.4 is 10.2 Å². The lowest BCUT2D eigenvalue weighted by Gasteiger charge is -2.27. The van der Waals surface area contributed by atoms with Crippen molar-refractivity contribution < 1.29 is 23.9 Å². The van der Waals surface area contributed by atoms with Gasteiger partial charge < -0.3 is 19.7 Å². The molecule has 0 bridgehead atoms. The Balaban J connectivity index is 1.65. The van der Waals surface area contributed by atoms with Gasteiger partial charge in [-0.15, -0.1) is 11.8 Å². The Bertz CT molecular complexity index is 1330. The molecule has 7 nitrogen and oxygen atoms in total. The summed E-state index contributed by atoms with van der Waals surface area (Å²) in [6.45, 7) is 7.63. The summed E-state index contributed by atoms with van der Waals surface area (Å²) < 4.78 is 10.3. The molecule has 8 heteroatoms. The van der Waals surface area contributed by atoms with E-state index in [1.807, 2.05) is 30.3 Å². The first-order chi connectivity index (χ1) is 18.0. The van der Waals surface area contributed by atoms with E-state index in [1.54, 1.807) is 37.8 Å². The van der Waals surface area contributed by atoms with E-state index in [1.165, 1.54) is 24.4 Å². The second kappa shape index (κ2) is 11.3. The average molecular weight is 533 g/mol. The lowest BCUT2D eigenvalue weighted by atomic mass is 10.0. The van der Waals surface area contributed by atoms with Crippen LogP contribution >= 0.6 is 11.8 Å². The molecule has 0 spiro atoms. The van der Waals surface area contributed by atoms with Gasteiger partial charge in [0, 0.05) is 10.6 Å². The molecule has 0 saturated carbocycles. The number of methoxy groups -OCH3 is 1. The second-order valence-corrected chi connectivity index (χ2v) is 11.2. The van der Waals surface area contributed by atoms with Gasteiger partial charge >= 0.3 is 12.1 Å². The fourth-order valence-electron chi connectivity index (χ4n) is 4.09. The number of rotatable bonds is 5. The molecule has 2 amide bonds. The Morgan fingerprint density at radius 2 is 1.63 bits per heavy atom. The van der Waals surface area contributed by atoms with Crippen LogP contribution in [0.2, 0.25) is 0 Å². The minimum absolute atomic E-state index is 0.262. The predicted octanol–water partition coefficient (Wildman–Crippen LogP) is 5.98. The van der Waals surface area contributed by atoms with Crippen LogP contribution in [0.15, 0.2) is 71.6 Å². The summed E-state index contributed by atoms with van der Waals surface area (Å²) >= 11 is 1.44. The van der Waals surface area contributed by atoms with Crippen LogP contribution in [0, 0.1) is 6.92 Å². The summed E-state index contributed by atoms with van der Waals surface area (Å²) in [4.78, 5) is 41.0. The highest BCUT2D eigenvalue weighted by atomic mass is 32.2. The second-order valence-electron chi connectivity index (χ2n) is 10.2. The van der Waals surface area contributed by atoms with E-state index in [2.05, 4.69) is 36.5 Å². The molecule has 198 valence electrons. The summed E-state index contributed by atoms with van der Waals surface area (Å²) in [6, 6.07) is 20.7. The molecule has 4 rings (SSSR count). The molecule has 0 aromatic heterocycles. The first kappa shape index (κ1) is 27.3. The predicted molar refractivity (Wildman–Crippen MR) is 149 cm³/mol. The molecule has 0 aliphatic carbocycles. The van der Waals surface area contributed by atoms with Crippen LogP contribution in [0.5, 0.6) is 0 Å². The van der Waals surface area contributed by atoms with Gasteiger partial charge in [-0.25, -0.2) is 9.59 Å². The molecule has 3 aromatic carbocycles. The van der Waals surface area contributed by atoms with Crippen LogP contribution in [0.3, 0.4) is 0 Å². The summed E-state index contributed by atoms with van der Waals surface area (Å²) in [5.41, 5.74) is 4.54. The number of carbonyl (C=O) groups is 3. The van der Waals surface area contributed by atoms with E-state index in [9.17, 15) is 14.4 Å². The van der Waals surface area contributed by atoms with Crippen molar-refractivity contribution in [3.8, 4) is 11.1 Å². The number of nitrogens with zero attached hydrogens (tertiary/aromatic N) is 1. The van der Waals surface area contributed by atoms with Crippen molar-refractivity contribution in [2.75, 3.05) is 17.8 Å². The van der Waals surface area contributed by atoms with Gasteiger partial charge in [0.2, 0.25) is 0 Å². The normalized spacial score (nSPS) is 15.3. The Kier molecular flexibility index (Phi) is 8.11. The van der Waals surface area contributed by atoms with Gasteiger partial charge in [0.25, 0.3) is 5.91 Å². The lowest BCUT2D eigenvalue weighted by molar-refractivity contribution is -0.120. The van der Waals surface area contributed by atoms with Crippen molar-refractivity contribution in [2.45, 2.75) is 50.8 Å². The number of esters is 1. The third kappa shape index (κ3) is 6.55. The number of anilines is 1. The maximum atomic E-state index is 13.8. The number of thioether (sulfide) groups is 1. The molecule has 1 aliphatic rings. The zero-order chi connectivity index (χ0) is 27.4. The number of aryl methyl sites for hydroxylation is 1. The molecule has 0 unspecified atom stereocenters. The highest BCUT2D eigenvalue weighted by Gasteiger charge is 2.33. The Morgan fingerprint density at radius 3 is 2.24 bits per heavy atom. The summed E-state index contributed by atoms with van der Waals surface area (Å²) in [6.07, 6.45) is -0.653. The van der Waals surface area contributed by atoms with Gasteiger partial charge in [0.1, 0.15) is 11.6 Å². The van der Waals surface area contributed by atoms with Gasteiger partial charge in [0.05, 0.1) is 24.9 Å². The number of ether oxygens (including phenoxy) is 2. The third-order valence-corrected chi connectivity index (χ3v) is 7.17. The van der Waals surface area contributed by atoms with Gasteiger partial charge in [0.15, 0.2) is 0 Å². The maximum Gasteiger partial charge on any atom is 0.408 e. The van der Waals surface area contributed by atoms with Gasteiger partial charge in [-0.2, -0.15) is 0 Å². The van der Waals surface area contributed by atoms with E-state index < -0.39 is 23.7 Å². The van der Waals surface area contributed by atoms with Crippen LogP contribution in [0.1, 0.15) is 42.3 Å². The van der Waals surface area contributed by atoms with E-state index >= 15 is 0 Å². The number of fused-ring (bicyclic) bond motifs is 1. The van der Waals surface area contributed by atoms with Crippen molar-refractivity contribution in [2.24, 2.45) is 0 Å². The largest absolute Gasteiger partial charge is 0.465 e. The fourth-order valence-corrected chi connectivity index (χ4v) is 5.15. The number of hydrogen-bond acceptors (Lipinski definition) is 6. The number of benzene rings is 3. The third-order valence-electron chi connectivity index (χ3n) is 6.01. The zero-order valence-corrected chi connectivity index (χ0v) is 23.1. The molecule has 0 saturated heterocycles. The SMILES string of the molecule is COC(=O)c1ccc2c(c1)N(Cc1ccc(-c3ccc(C)cc3)cc1)C(=O)[C@@H](NC(=O)OC(C)(C)C)CS2. The lowest BCUT2D eigenvalue weighted by Crippen LogP contribution is -2.50. The molecule has 0 fully saturated rings. The van der Waals surface area contributed by atoms with Crippen molar-refractivity contribution in [1.82, 2.24) is 5.32 Å². The maximum absolute atomic E-state index is 13.8. The minimum Gasteiger partial charge on any atom is -0.465 e. The smallest absolute Gasteiger partial charge is 0.408 e. The molecule has 1 heterocycles.